The maximum absolute atomic E-state index is 5.31. The van der Waals surface area contributed by atoms with Gasteiger partial charge in [-0.2, -0.15) is 0 Å². The molecule has 0 spiro atoms. The van der Waals surface area contributed by atoms with E-state index >= 15 is 0 Å². The van der Waals surface area contributed by atoms with E-state index in [1.807, 2.05) is 0 Å². The zero-order valence-electron chi connectivity index (χ0n) is 12.2. The van der Waals surface area contributed by atoms with E-state index in [1.165, 1.54) is 25.8 Å². The van der Waals surface area contributed by atoms with Gasteiger partial charge in [0.1, 0.15) is 0 Å². The third-order valence-electron chi connectivity index (χ3n) is 4.07. The number of nitrogens with one attached hydrogen (secondary N) is 1. The van der Waals surface area contributed by atoms with E-state index in [9.17, 15) is 0 Å². The Kier molecular flexibility index (Phi) is 6.45. The first-order valence-corrected chi connectivity index (χ1v) is 7.03. The van der Waals surface area contributed by atoms with E-state index in [2.05, 4.69) is 38.0 Å². The smallest absolute Gasteiger partial charge is 0.0615 e. The molecule has 1 heterocycles. The zero-order chi connectivity index (χ0) is 12.8. The van der Waals surface area contributed by atoms with Crippen molar-refractivity contribution in [2.75, 3.05) is 27.3 Å². The summed E-state index contributed by atoms with van der Waals surface area (Å²) in [6.45, 7) is 8.96. The van der Waals surface area contributed by atoms with Crippen LogP contribution in [0, 0.1) is 5.92 Å². The first-order chi connectivity index (χ1) is 8.08. The summed E-state index contributed by atoms with van der Waals surface area (Å²) in [4.78, 5) is 2.47. The molecule has 0 radical (unpaired) electrons. The number of piperidine rings is 1. The molecule has 0 aliphatic carbocycles. The van der Waals surface area contributed by atoms with Crippen molar-refractivity contribution in [3.63, 3.8) is 0 Å². The molecule has 102 valence electrons. The summed E-state index contributed by atoms with van der Waals surface area (Å²) in [6, 6.07) is 1.86. The molecule has 1 rings (SSSR count). The van der Waals surface area contributed by atoms with Gasteiger partial charge in [0.2, 0.25) is 0 Å². The van der Waals surface area contributed by atoms with Gasteiger partial charge in [0.25, 0.3) is 0 Å². The van der Waals surface area contributed by atoms with Crippen LogP contribution in [0.2, 0.25) is 0 Å². The molecular formula is C14H30N2O. The van der Waals surface area contributed by atoms with E-state index in [0.717, 1.165) is 12.5 Å². The molecule has 4 unspecified atom stereocenters. The van der Waals surface area contributed by atoms with Crippen LogP contribution in [0.1, 0.15) is 40.0 Å². The van der Waals surface area contributed by atoms with Gasteiger partial charge in [-0.3, -0.25) is 0 Å². The molecule has 0 aromatic rings. The minimum Gasteiger partial charge on any atom is -0.383 e. The van der Waals surface area contributed by atoms with Crippen LogP contribution >= 0.6 is 0 Å². The fraction of sp³-hybridized carbons (Fsp3) is 1.00. The molecule has 0 saturated carbocycles. The second-order valence-corrected chi connectivity index (χ2v) is 5.72. The summed E-state index contributed by atoms with van der Waals surface area (Å²) < 4.78 is 5.31. The second-order valence-electron chi connectivity index (χ2n) is 5.72. The van der Waals surface area contributed by atoms with E-state index in [1.54, 1.807) is 7.11 Å². The van der Waals surface area contributed by atoms with Gasteiger partial charge in [-0.25, -0.2) is 0 Å². The first kappa shape index (κ1) is 14.9. The fourth-order valence-electron chi connectivity index (χ4n) is 2.84. The highest BCUT2D eigenvalue weighted by atomic mass is 16.5. The molecule has 0 amide bonds. The van der Waals surface area contributed by atoms with Crippen LogP contribution in [0.3, 0.4) is 0 Å². The van der Waals surface area contributed by atoms with E-state index < -0.39 is 0 Å². The number of likely N-dealkylation sites (tertiary alicyclic amines) is 1. The van der Waals surface area contributed by atoms with E-state index in [4.69, 9.17) is 4.74 Å². The second kappa shape index (κ2) is 7.34. The Morgan fingerprint density at radius 1 is 1.41 bits per heavy atom. The lowest BCUT2D eigenvalue weighted by molar-refractivity contribution is 0.0960. The zero-order valence-corrected chi connectivity index (χ0v) is 12.2. The highest BCUT2D eigenvalue weighted by Gasteiger charge is 2.29. The van der Waals surface area contributed by atoms with Gasteiger partial charge in [0.05, 0.1) is 6.61 Å². The van der Waals surface area contributed by atoms with Crippen molar-refractivity contribution in [3.05, 3.63) is 0 Å². The third kappa shape index (κ3) is 4.57. The predicted molar refractivity (Wildman–Crippen MR) is 73.4 cm³/mol. The van der Waals surface area contributed by atoms with E-state index in [-0.39, 0.29) is 0 Å². The van der Waals surface area contributed by atoms with Crippen molar-refractivity contribution < 1.29 is 4.74 Å². The number of hydrogen-bond donors (Lipinski definition) is 1. The number of hydrogen-bond acceptors (Lipinski definition) is 3. The monoisotopic (exact) mass is 242 g/mol. The van der Waals surface area contributed by atoms with Gasteiger partial charge in [0.15, 0.2) is 0 Å². The summed E-state index contributed by atoms with van der Waals surface area (Å²) in [7, 11) is 4.03. The molecule has 1 fully saturated rings. The third-order valence-corrected chi connectivity index (χ3v) is 4.07. The van der Waals surface area contributed by atoms with Crippen LogP contribution in [0.25, 0.3) is 0 Å². The molecule has 0 bridgehead atoms. The van der Waals surface area contributed by atoms with Crippen LogP contribution in [-0.4, -0.2) is 50.3 Å². The number of rotatable bonds is 6. The minimum absolute atomic E-state index is 0.521. The first-order valence-electron chi connectivity index (χ1n) is 7.03. The highest BCUT2D eigenvalue weighted by Crippen LogP contribution is 2.21. The molecule has 1 aliphatic rings. The normalized spacial score (nSPS) is 32.6. The molecule has 4 atom stereocenters. The number of nitrogens with zero attached hydrogens (tertiary/aromatic N) is 1. The average molecular weight is 242 g/mol. The van der Waals surface area contributed by atoms with Crippen LogP contribution in [0.5, 0.6) is 0 Å². The maximum atomic E-state index is 5.31. The Labute approximate surface area is 107 Å². The summed E-state index contributed by atoms with van der Waals surface area (Å²) >= 11 is 0. The summed E-state index contributed by atoms with van der Waals surface area (Å²) in [5.74, 6) is 0.729. The lowest BCUT2D eigenvalue weighted by Crippen LogP contribution is -2.54. The van der Waals surface area contributed by atoms with Gasteiger partial charge < -0.3 is 15.0 Å². The Morgan fingerprint density at radius 3 is 2.71 bits per heavy atom. The summed E-state index contributed by atoms with van der Waals surface area (Å²) in [5.41, 5.74) is 0. The number of methoxy groups -OCH3 is 1. The average Bonchev–Trinajstić information content (AvgIpc) is 2.26. The molecule has 1 aliphatic heterocycles. The molecule has 3 nitrogen and oxygen atoms in total. The van der Waals surface area contributed by atoms with Gasteiger partial charge in [0, 0.05) is 31.8 Å². The van der Waals surface area contributed by atoms with Crippen LogP contribution in [-0.2, 0) is 4.74 Å². The SMILES string of the molecule is CCCC(COC)NC1CC(C)N(C)CC1C. The van der Waals surface area contributed by atoms with Gasteiger partial charge in [-0.15, -0.1) is 0 Å². The van der Waals surface area contributed by atoms with Crippen LogP contribution < -0.4 is 5.32 Å². The number of ether oxygens (including phenoxy) is 1. The van der Waals surface area contributed by atoms with Crippen molar-refractivity contribution in [1.29, 1.82) is 0 Å². The quantitative estimate of drug-likeness (QED) is 0.772. The molecule has 0 aromatic carbocycles. The van der Waals surface area contributed by atoms with Crippen LogP contribution in [0.4, 0.5) is 0 Å². The predicted octanol–water partition coefficient (Wildman–Crippen LogP) is 2.12. The van der Waals surface area contributed by atoms with E-state index in [0.29, 0.717) is 18.1 Å². The topological polar surface area (TPSA) is 24.5 Å². The van der Waals surface area contributed by atoms with Gasteiger partial charge >= 0.3 is 0 Å². The Hall–Kier alpha value is -0.120. The Balaban J connectivity index is 2.47. The summed E-state index contributed by atoms with van der Waals surface area (Å²) in [6.07, 6.45) is 3.68. The van der Waals surface area contributed by atoms with Crippen LogP contribution in [0.15, 0.2) is 0 Å². The summed E-state index contributed by atoms with van der Waals surface area (Å²) in [5, 5.41) is 3.81. The van der Waals surface area contributed by atoms with Gasteiger partial charge in [-0.05, 0) is 32.7 Å². The van der Waals surface area contributed by atoms with Crippen molar-refractivity contribution in [1.82, 2.24) is 10.2 Å². The Morgan fingerprint density at radius 2 is 2.12 bits per heavy atom. The van der Waals surface area contributed by atoms with Crippen molar-refractivity contribution >= 4 is 0 Å². The van der Waals surface area contributed by atoms with Crippen molar-refractivity contribution in [3.8, 4) is 0 Å². The maximum Gasteiger partial charge on any atom is 0.0615 e. The molecule has 17 heavy (non-hydrogen) atoms. The minimum atomic E-state index is 0.521. The van der Waals surface area contributed by atoms with Crippen molar-refractivity contribution in [2.45, 2.75) is 58.2 Å². The standard InChI is InChI=1S/C14H30N2O/c1-6-7-13(10-17-5)15-14-8-12(3)16(4)9-11(14)2/h11-15H,6-10H2,1-5H3. The largest absolute Gasteiger partial charge is 0.383 e. The molecule has 1 N–H and O–H groups in total. The fourth-order valence-corrected chi connectivity index (χ4v) is 2.84. The lowest BCUT2D eigenvalue weighted by atomic mass is 9.89. The molecule has 3 heteroatoms. The van der Waals surface area contributed by atoms with Gasteiger partial charge in [-0.1, -0.05) is 20.3 Å². The Bertz CT molecular complexity index is 204. The molecular weight excluding hydrogens is 212 g/mol. The highest BCUT2D eigenvalue weighted by molar-refractivity contribution is 4.88. The lowest BCUT2D eigenvalue weighted by Gasteiger charge is -2.41. The molecule has 1 saturated heterocycles. The van der Waals surface area contributed by atoms with Crippen molar-refractivity contribution in [2.24, 2.45) is 5.92 Å². The molecule has 0 aromatic heterocycles.